The first-order valence-electron chi connectivity index (χ1n) is 7.68. The van der Waals surface area contributed by atoms with Crippen LogP contribution in [0.2, 0.25) is 0 Å². The van der Waals surface area contributed by atoms with Crippen molar-refractivity contribution in [1.82, 2.24) is 15.0 Å². The van der Waals surface area contributed by atoms with E-state index in [4.69, 9.17) is 4.74 Å². The van der Waals surface area contributed by atoms with Crippen LogP contribution in [0.4, 0.5) is 11.8 Å². The molecular weight excluding hydrogens is 290 g/mol. The van der Waals surface area contributed by atoms with Crippen molar-refractivity contribution in [2.45, 2.75) is 6.04 Å². The molecule has 6 nitrogen and oxygen atoms in total. The molecule has 23 heavy (non-hydrogen) atoms. The molecule has 6 heteroatoms. The fraction of sp³-hybridized carbons (Fsp3) is 0.353. The highest BCUT2D eigenvalue weighted by molar-refractivity contribution is 5.47. The van der Waals surface area contributed by atoms with Gasteiger partial charge in [0.2, 0.25) is 5.95 Å². The van der Waals surface area contributed by atoms with Crippen molar-refractivity contribution < 1.29 is 4.74 Å². The molecule has 1 saturated heterocycles. The second kappa shape index (κ2) is 7.19. The van der Waals surface area contributed by atoms with Gasteiger partial charge in [0.1, 0.15) is 5.82 Å². The van der Waals surface area contributed by atoms with Gasteiger partial charge in [-0.3, -0.25) is 0 Å². The summed E-state index contributed by atoms with van der Waals surface area (Å²) in [6.07, 6.45) is 7.16. The second-order valence-corrected chi connectivity index (χ2v) is 5.46. The number of hydrogen-bond acceptors (Lipinski definition) is 6. The molecule has 0 bridgehead atoms. The third-order valence-corrected chi connectivity index (χ3v) is 3.97. The normalized spacial score (nSPS) is 18.0. The smallest absolute Gasteiger partial charge is 0.225 e. The van der Waals surface area contributed by atoms with Crippen LogP contribution < -0.4 is 9.80 Å². The van der Waals surface area contributed by atoms with E-state index in [0.717, 1.165) is 37.0 Å². The predicted octanol–water partition coefficient (Wildman–Crippen LogP) is 1.86. The molecule has 1 atom stereocenters. The van der Waals surface area contributed by atoms with Crippen LogP contribution in [-0.4, -0.2) is 54.3 Å². The van der Waals surface area contributed by atoms with Gasteiger partial charge < -0.3 is 14.5 Å². The van der Waals surface area contributed by atoms with Crippen LogP contribution in [0.3, 0.4) is 0 Å². The highest BCUT2D eigenvalue weighted by Crippen LogP contribution is 2.20. The molecule has 3 heterocycles. The molecule has 1 fully saturated rings. The maximum Gasteiger partial charge on any atom is 0.225 e. The van der Waals surface area contributed by atoms with Crippen LogP contribution in [0.25, 0.3) is 6.08 Å². The van der Waals surface area contributed by atoms with Crippen LogP contribution in [0, 0.1) is 0 Å². The van der Waals surface area contributed by atoms with Gasteiger partial charge in [0.15, 0.2) is 0 Å². The molecule has 2 aromatic heterocycles. The summed E-state index contributed by atoms with van der Waals surface area (Å²) >= 11 is 0. The lowest BCUT2D eigenvalue weighted by Gasteiger charge is -2.41. The molecule has 1 aliphatic rings. The molecule has 0 amide bonds. The van der Waals surface area contributed by atoms with Crippen LogP contribution >= 0.6 is 0 Å². The minimum Gasteiger partial charge on any atom is -0.382 e. The third kappa shape index (κ3) is 3.48. The minimum atomic E-state index is 0.185. The van der Waals surface area contributed by atoms with Crippen molar-refractivity contribution in [1.29, 1.82) is 0 Å². The highest BCUT2D eigenvalue weighted by Gasteiger charge is 2.29. The first-order chi connectivity index (χ1) is 11.3. The number of anilines is 2. The number of pyridine rings is 1. The van der Waals surface area contributed by atoms with E-state index in [9.17, 15) is 0 Å². The number of methoxy groups -OCH3 is 1. The zero-order chi connectivity index (χ0) is 16.1. The molecule has 0 spiro atoms. The Labute approximate surface area is 136 Å². The minimum absolute atomic E-state index is 0.185. The molecule has 0 radical (unpaired) electrons. The zero-order valence-electron chi connectivity index (χ0n) is 13.3. The lowest BCUT2D eigenvalue weighted by molar-refractivity contribution is 0.173. The Morgan fingerprint density at radius 3 is 2.74 bits per heavy atom. The standard InChI is InChI=1S/C17H21N5O/c1-3-14-10-19-17(20-11-14)22-9-8-21(12-15(22)13-23-2)16-6-4-5-7-18-16/h3-7,10-11,15H,1,8-9,12-13H2,2H3/t15-/m1/s1. The quantitative estimate of drug-likeness (QED) is 0.840. The molecule has 120 valence electrons. The van der Waals surface area contributed by atoms with Gasteiger partial charge in [-0.15, -0.1) is 0 Å². The predicted molar refractivity (Wildman–Crippen MR) is 91.6 cm³/mol. The van der Waals surface area contributed by atoms with Crippen LogP contribution in [-0.2, 0) is 4.74 Å². The fourth-order valence-electron chi connectivity index (χ4n) is 2.79. The number of nitrogens with zero attached hydrogens (tertiary/aromatic N) is 5. The van der Waals surface area contributed by atoms with E-state index < -0.39 is 0 Å². The average molecular weight is 311 g/mol. The van der Waals surface area contributed by atoms with E-state index in [0.29, 0.717) is 6.61 Å². The van der Waals surface area contributed by atoms with Gasteiger partial charge in [-0.25, -0.2) is 15.0 Å². The van der Waals surface area contributed by atoms with Crippen molar-refractivity contribution >= 4 is 17.8 Å². The van der Waals surface area contributed by atoms with E-state index in [2.05, 4.69) is 31.3 Å². The van der Waals surface area contributed by atoms with Crippen molar-refractivity contribution in [3.8, 4) is 0 Å². The average Bonchev–Trinajstić information content (AvgIpc) is 2.63. The Morgan fingerprint density at radius 2 is 2.09 bits per heavy atom. The van der Waals surface area contributed by atoms with Crippen LogP contribution in [0.1, 0.15) is 5.56 Å². The van der Waals surface area contributed by atoms with E-state index in [-0.39, 0.29) is 6.04 Å². The molecule has 1 aliphatic heterocycles. The number of aromatic nitrogens is 3. The molecule has 0 saturated carbocycles. The summed E-state index contributed by atoms with van der Waals surface area (Å²) < 4.78 is 5.40. The second-order valence-electron chi connectivity index (χ2n) is 5.46. The molecule has 0 aliphatic carbocycles. The van der Waals surface area contributed by atoms with Gasteiger partial charge in [0, 0.05) is 50.9 Å². The maximum absolute atomic E-state index is 5.40. The molecule has 2 aromatic rings. The van der Waals surface area contributed by atoms with E-state index >= 15 is 0 Å². The lowest BCUT2D eigenvalue weighted by Crippen LogP contribution is -2.56. The molecule has 3 rings (SSSR count). The van der Waals surface area contributed by atoms with Crippen LogP contribution in [0.5, 0.6) is 0 Å². The van der Waals surface area contributed by atoms with E-state index in [1.54, 1.807) is 25.6 Å². The van der Waals surface area contributed by atoms with Gasteiger partial charge >= 0.3 is 0 Å². The monoisotopic (exact) mass is 311 g/mol. The van der Waals surface area contributed by atoms with Crippen molar-refractivity contribution in [3.05, 3.63) is 48.9 Å². The van der Waals surface area contributed by atoms with E-state index in [1.165, 1.54) is 0 Å². The van der Waals surface area contributed by atoms with Gasteiger partial charge in [-0.2, -0.15) is 0 Å². The van der Waals surface area contributed by atoms with Gasteiger partial charge in [0.05, 0.1) is 12.6 Å². The number of ether oxygens (including phenoxy) is 1. The maximum atomic E-state index is 5.40. The summed E-state index contributed by atoms with van der Waals surface area (Å²) in [6.45, 7) is 6.90. The zero-order valence-corrected chi connectivity index (χ0v) is 13.3. The third-order valence-electron chi connectivity index (χ3n) is 3.97. The van der Waals surface area contributed by atoms with Crippen LogP contribution in [0.15, 0.2) is 43.4 Å². The summed E-state index contributed by atoms with van der Waals surface area (Å²) in [4.78, 5) is 17.8. The SMILES string of the molecule is C=Cc1cnc(N2CCN(c3ccccn3)C[C@@H]2COC)nc1. The first-order valence-corrected chi connectivity index (χ1v) is 7.68. The fourth-order valence-corrected chi connectivity index (χ4v) is 2.79. The Bertz CT molecular complexity index is 631. The van der Waals surface area contributed by atoms with Gasteiger partial charge in [-0.1, -0.05) is 18.7 Å². The van der Waals surface area contributed by atoms with Crippen molar-refractivity contribution in [2.75, 3.05) is 43.2 Å². The van der Waals surface area contributed by atoms with E-state index in [1.807, 2.05) is 24.4 Å². The largest absolute Gasteiger partial charge is 0.382 e. The molecule has 0 unspecified atom stereocenters. The number of rotatable bonds is 5. The first kappa shape index (κ1) is 15.4. The lowest BCUT2D eigenvalue weighted by atomic mass is 10.2. The van der Waals surface area contributed by atoms with Crippen molar-refractivity contribution in [2.24, 2.45) is 0 Å². The number of piperazine rings is 1. The van der Waals surface area contributed by atoms with Crippen molar-refractivity contribution in [3.63, 3.8) is 0 Å². The summed E-state index contributed by atoms with van der Waals surface area (Å²) in [7, 11) is 1.72. The Balaban J connectivity index is 1.77. The summed E-state index contributed by atoms with van der Waals surface area (Å²) in [5.41, 5.74) is 0.921. The Morgan fingerprint density at radius 1 is 1.26 bits per heavy atom. The highest BCUT2D eigenvalue weighted by atomic mass is 16.5. The molecule has 0 N–H and O–H groups in total. The summed E-state index contributed by atoms with van der Waals surface area (Å²) in [5.74, 6) is 1.73. The molecular formula is C17H21N5O. The summed E-state index contributed by atoms with van der Waals surface area (Å²) in [6, 6.07) is 6.17. The topological polar surface area (TPSA) is 54.4 Å². The number of hydrogen-bond donors (Lipinski definition) is 0. The summed E-state index contributed by atoms with van der Waals surface area (Å²) in [5, 5.41) is 0. The van der Waals surface area contributed by atoms with Gasteiger partial charge in [-0.05, 0) is 12.1 Å². The Hall–Kier alpha value is -2.47. The van der Waals surface area contributed by atoms with Gasteiger partial charge in [0.25, 0.3) is 0 Å². The molecule has 0 aromatic carbocycles. The Kier molecular flexibility index (Phi) is 4.83.